The van der Waals surface area contributed by atoms with Gasteiger partial charge in [0.25, 0.3) is 0 Å². The zero-order chi connectivity index (χ0) is 17.2. The number of hydrogen-bond donors (Lipinski definition) is 0. The van der Waals surface area contributed by atoms with E-state index in [0.29, 0.717) is 5.25 Å². The average Bonchev–Trinajstić information content (AvgIpc) is 3.10. The van der Waals surface area contributed by atoms with Crippen LogP contribution in [0.1, 0.15) is 36.8 Å². The second-order valence-corrected chi connectivity index (χ2v) is 9.45. The standard InChI is InChI=1S/C20H30N2O2S/c1-25(23)19-6-11-22(12-7-19)18-4-9-21(10-5-18)15-16-2-3-17-8-13-24-20(17)14-16/h2-3,14,18-19H,4-13,15H2,1H3. The molecular formula is C20H30N2O2S. The Morgan fingerprint density at radius 2 is 1.88 bits per heavy atom. The van der Waals surface area contributed by atoms with Gasteiger partial charge in [-0.2, -0.15) is 0 Å². The molecule has 0 aliphatic carbocycles. The third kappa shape index (κ3) is 4.16. The normalized spacial score (nSPS) is 24.9. The number of hydrogen-bond acceptors (Lipinski definition) is 4. The van der Waals surface area contributed by atoms with Crippen molar-refractivity contribution in [3.05, 3.63) is 29.3 Å². The van der Waals surface area contributed by atoms with Crippen molar-refractivity contribution in [2.24, 2.45) is 0 Å². The number of likely N-dealkylation sites (tertiary alicyclic amines) is 2. The van der Waals surface area contributed by atoms with Crippen LogP contribution in [0.5, 0.6) is 5.75 Å². The number of fused-ring (bicyclic) bond motifs is 1. The van der Waals surface area contributed by atoms with Gasteiger partial charge in [0.05, 0.1) is 12.9 Å². The molecule has 3 heterocycles. The first kappa shape index (κ1) is 17.7. The van der Waals surface area contributed by atoms with Crippen LogP contribution < -0.4 is 4.74 Å². The van der Waals surface area contributed by atoms with Crippen molar-refractivity contribution in [3.63, 3.8) is 0 Å². The highest BCUT2D eigenvalue weighted by Crippen LogP contribution is 2.28. The van der Waals surface area contributed by atoms with Crippen molar-refractivity contribution < 1.29 is 9.29 Å². The van der Waals surface area contributed by atoms with E-state index in [1.807, 2.05) is 6.26 Å². The quantitative estimate of drug-likeness (QED) is 0.771. The van der Waals surface area contributed by atoms with E-state index < -0.39 is 11.2 Å². The van der Waals surface area contributed by atoms with Crippen molar-refractivity contribution in [1.29, 1.82) is 0 Å². The molecule has 0 spiro atoms. The van der Waals surface area contributed by atoms with E-state index in [0.717, 1.165) is 57.3 Å². The molecule has 0 saturated carbocycles. The molecule has 25 heavy (non-hydrogen) atoms. The van der Waals surface area contributed by atoms with Crippen molar-refractivity contribution >= 4 is 11.2 Å². The lowest BCUT2D eigenvalue weighted by molar-refractivity contribution is 0.0903. The van der Waals surface area contributed by atoms with E-state index in [1.54, 1.807) is 0 Å². The van der Waals surface area contributed by atoms with Gasteiger partial charge in [0, 0.05) is 44.9 Å². The molecule has 3 aliphatic heterocycles. The lowest BCUT2D eigenvalue weighted by Gasteiger charge is -2.41. The molecule has 4 rings (SSSR count). The fraction of sp³-hybridized carbons (Fsp3) is 0.700. The number of piperidine rings is 2. The van der Waals surface area contributed by atoms with Gasteiger partial charge < -0.3 is 9.29 Å². The summed E-state index contributed by atoms with van der Waals surface area (Å²) in [5, 5.41) is 0.429. The molecule has 4 nitrogen and oxygen atoms in total. The van der Waals surface area contributed by atoms with Crippen molar-refractivity contribution in [1.82, 2.24) is 9.80 Å². The molecule has 1 unspecified atom stereocenters. The average molecular weight is 363 g/mol. The van der Waals surface area contributed by atoms with Gasteiger partial charge in [-0.15, -0.1) is 0 Å². The zero-order valence-electron chi connectivity index (χ0n) is 15.3. The van der Waals surface area contributed by atoms with Crippen molar-refractivity contribution in [3.8, 4) is 5.75 Å². The van der Waals surface area contributed by atoms with Crippen LogP contribution in [0, 0.1) is 0 Å². The molecular weight excluding hydrogens is 332 g/mol. The minimum atomic E-state index is -0.646. The topological polar surface area (TPSA) is 38.8 Å². The predicted octanol–water partition coefficient (Wildman–Crippen LogP) is 2.43. The van der Waals surface area contributed by atoms with Crippen molar-refractivity contribution in [2.75, 3.05) is 39.0 Å². The van der Waals surface area contributed by atoms with Crippen LogP contribution >= 0.6 is 0 Å². The van der Waals surface area contributed by atoms with E-state index in [4.69, 9.17) is 4.74 Å². The Bertz CT molecular complexity index is 579. The van der Waals surface area contributed by atoms with Gasteiger partial charge in [0.2, 0.25) is 0 Å². The summed E-state index contributed by atoms with van der Waals surface area (Å²) in [5.41, 5.74) is 2.74. The number of benzene rings is 1. The molecule has 138 valence electrons. The maximum Gasteiger partial charge on any atom is 0.122 e. The van der Waals surface area contributed by atoms with Crippen LogP contribution in [0.25, 0.3) is 0 Å². The third-order valence-electron chi connectivity index (χ3n) is 6.19. The van der Waals surface area contributed by atoms with Gasteiger partial charge in [0.1, 0.15) is 11.0 Å². The summed E-state index contributed by atoms with van der Waals surface area (Å²) in [6, 6.07) is 7.48. The number of ether oxygens (including phenoxy) is 1. The van der Waals surface area contributed by atoms with Gasteiger partial charge in [-0.05, 0) is 43.1 Å². The maximum atomic E-state index is 11.6. The van der Waals surface area contributed by atoms with Crippen LogP contribution in [0.15, 0.2) is 18.2 Å². The van der Waals surface area contributed by atoms with E-state index in [-0.39, 0.29) is 0 Å². The molecule has 2 saturated heterocycles. The largest absolute Gasteiger partial charge is 0.616 e. The Morgan fingerprint density at radius 1 is 1.12 bits per heavy atom. The van der Waals surface area contributed by atoms with Crippen LogP contribution in [-0.2, 0) is 24.1 Å². The van der Waals surface area contributed by atoms with E-state index >= 15 is 0 Å². The van der Waals surface area contributed by atoms with E-state index in [1.165, 1.54) is 37.1 Å². The Balaban J connectivity index is 1.25. The summed E-state index contributed by atoms with van der Waals surface area (Å²) in [6.07, 6.45) is 7.67. The highest BCUT2D eigenvalue weighted by molar-refractivity contribution is 7.91. The van der Waals surface area contributed by atoms with Crippen molar-refractivity contribution in [2.45, 2.75) is 49.9 Å². The smallest absolute Gasteiger partial charge is 0.122 e. The first-order valence-electron chi connectivity index (χ1n) is 9.72. The summed E-state index contributed by atoms with van der Waals surface area (Å²) in [6.45, 7) is 6.52. The summed E-state index contributed by atoms with van der Waals surface area (Å²) in [7, 11) is 0. The lowest BCUT2D eigenvalue weighted by atomic mass is 9.99. The molecule has 0 radical (unpaired) electrons. The van der Waals surface area contributed by atoms with Crippen LogP contribution in [0.4, 0.5) is 0 Å². The monoisotopic (exact) mass is 362 g/mol. The lowest BCUT2D eigenvalue weighted by Crippen LogP contribution is -2.49. The third-order valence-corrected chi connectivity index (χ3v) is 7.60. The second kappa shape index (κ2) is 7.87. The molecule has 1 aromatic carbocycles. The first-order chi connectivity index (χ1) is 12.2. The Hall–Kier alpha value is -0.750. The molecule has 0 amide bonds. The minimum absolute atomic E-state index is 0.429. The highest BCUT2D eigenvalue weighted by atomic mass is 32.2. The Labute approximate surface area is 154 Å². The SMILES string of the molecule is C[S+]([O-])C1CCN(C2CCN(Cc3ccc4c(c3)OCC4)CC2)CC1. The van der Waals surface area contributed by atoms with Gasteiger partial charge >= 0.3 is 0 Å². The highest BCUT2D eigenvalue weighted by Gasteiger charge is 2.31. The number of rotatable bonds is 4. The van der Waals surface area contributed by atoms with Gasteiger partial charge in [-0.1, -0.05) is 23.3 Å². The summed E-state index contributed by atoms with van der Waals surface area (Å²) < 4.78 is 17.3. The molecule has 2 fully saturated rings. The molecule has 0 N–H and O–H groups in total. The Kier molecular flexibility index (Phi) is 5.56. The predicted molar refractivity (Wildman–Crippen MR) is 103 cm³/mol. The van der Waals surface area contributed by atoms with Crippen LogP contribution in [0.2, 0.25) is 0 Å². The molecule has 3 aliphatic rings. The van der Waals surface area contributed by atoms with Gasteiger partial charge in [-0.25, -0.2) is 0 Å². The Morgan fingerprint density at radius 3 is 2.60 bits per heavy atom. The minimum Gasteiger partial charge on any atom is -0.616 e. The molecule has 0 aromatic heterocycles. The molecule has 5 heteroatoms. The van der Waals surface area contributed by atoms with Gasteiger partial charge in [-0.3, -0.25) is 9.80 Å². The fourth-order valence-electron chi connectivity index (χ4n) is 4.58. The second-order valence-electron chi connectivity index (χ2n) is 7.78. The maximum absolute atomic E-state index is 11.6. The van der Waals surface area contributed by atoms with E-state index in [9.17, 15) is 4.55 Å². The van der Waals surface area contributed by atoms with Gasteiger partial charge in [0.15, 0.2) is 0 Å². The van der Waals surface area contributed by atoms with Crippen LogP contribution in [-0.4, -0.2) is 64.7 Å². The number of nitrogens with zero attached hydrogens (tertiary/aromatic N) is 2. The summed E-state index contributed by atoms with van der Waals surface area (Å²) in [5.74, 6) is 1.10. The fourth-order valence-corrected chi connectivity index (χ4v) is 5.46. The zero-order valence-corrected chi connectivity index (χ0v) is 16.1. The summed E-state index contributed by atoms with van der Waals surface area (Å²) in [4.78, 5) is 5.24. The molecule has 0 bridgehead atoms. The van der Waals surface area contributed by atoms with E-state index in [2.05, 4.69) is 28.0 Å². The molecule has 1 atom stereocenters. The molecule has 1 aromatic rings. The van der Waals surface area contributed by atoms with Crippen LogP contribution in [0.3, 0.4) is 0 Å². The first-order valence-corrected chi connectivity index (χ1v) is 11.3. The summed E-state index contributed by atoms with van der Waals surface area (Å²) >= 11 is -0.646.